The molecule has 142 valence electrons. The number of furan rings is 1. The minimum atomic E-state index is -0.473. The van der Waals surface area contributed by atoms with Gasteiger partial charge in [-0.3, -0.25) is 14.9 Å². The van der Waals surface area contributed by atoms with Crippen LogP contribution >= 0.6 is 11.6 Å². The molecule has 0 saturated carbocycles. The lowest BCUT2D eigenvalue weighted by atomic mass is 10.1. The summed E-state index contributed by atoms with van der Waals surface area (Å²) in [5.74, 6) is 0.775. The van der Waals surface area contributed by atoms with Gasteiger partial charge in [0.05, 0.1) is 23.3 Å². The van der Waals surface area contributed by atoms with Crippen LogP contribution in [0.1, 0.15) is 5.76 Å². The van der Waals surface area contributed by atoms with E-state index in [0.717, 1.165) is 0 Å². The van der Waals surface area contributed by atoms with Gasteiger partial charge in [0, 0.05) is 17.2 Å². The van der Waals surface area contributed by atoms with Gasteiger partial charge in [0.15, 0.2) is 0 Å². The van der Waals surface area contributed by atoms with Crippen molar-refractivity contribution in [3.05, 3.63) is 81.6 Å². The van der Waals surface area contributed by atoms with Crippen molar-refractivity contribution in [3.63, 3.8) is 0 Å². The number of para-hydroxylation sites is 1. The van der Waals surface area contributed by atoms with Gasteiger partial charge in [0.2, 0.25) is 5.91 Å². The van der Waals surface area contributed by atoms with E-state index < -0.39 is 10.8 Å². The van der Waals surface area contributed by atoms with Crippen LogP contribution < -0.4 is 10.1 Å². The summed E-state index contributed by atoms with van der Waals surface area (Å²) < 4.78 is 10.8. The van der Waals surface area contributed by atoms with Crippen LogP contribution in [-0.4, -0.2) is 17.9 Å². The topological polar surface area (TPSA) is 94.6 Å². The highest BCUT2D eigenvalue weighted by atomic mass is 35.5. The van der Waals surface area contributed by atoms with Crippen LogP contribution in [0.2, 0.25) is 5.02 Å². The molecule has 0 aliphatic heterocycles. The van der Waals surface area contributed by atoms with Crippen molar-refractivity contribution in [2.45, 2.75) is 0 Å². The van der Waals surface area contributed by atoms with Crippen LogP contribution in [-0.2, 0) is 4.79 Å². The SMILES string of the molecule is COc1ccc(Cl)cc1NC(=O)/C=C/c1ccc(-c2ccccc2[N+](=O)[O-])o1. The molecule has 1 aromatic heterocycles. The number of carbonyl (C=O) groups is 1. The summed E-state index contributed by atoms with van der Waals surface area (Å²) in [5.41, 5.74) is 0.739. The average Bonchev–Trinajstić information content (AvgIpc) is 3.15. The normalized spacial score (nSPS) is 10.8. The van der Waals surface area contributed by atoms with Gasteiger partial charge in [-0.05, 0) is 42.5 Å². The summed E-state index contributed by atoms with van der Waals surface area (Å²) in [6.07, 6.45) is 2.74. The number of nitrogens with one attached hydrogen (secondary N) is 1. The highest BCUT2D eigenvalue weighted by Gasteiger charge is 2.16. The number of amides is 1. The molecule has 0 atom stereocenters. The maximum Gasteiger partial charge on any atom is 0.280 e. The fraction of sp³-hybridized carbons (Fsp3) is 0.0500. The summed E-state index contributed by atoms with van der Waals surface area (Å²) in [5, 5.41) is 14.3. The Morgan fingerprint density at radius 3 is 2.75 bits per heavy atom. The largest absolute Gasteiger partial charge is 0.495 e. The lowest BCUT2D eigenvalue weighted by Crippen LogP contribution is -2.08. The lowest BCUT2D eigenvalue weighted by Gasteiger charge is -2.08. The Bertz CT molecular complexity index is 1060. The smallest absolute Gasteiger partial charge is 0.280 e. The Labute approximate surface area is 165 Å². The van der Waals surface area contributed by atoms with E-state index in [1.54, 1.807) is 48.5 Å². The number of rotatable bonds is 6. The minimum Gasteiger partial charge on any atom is -0.495 e. The van der Waals surface area contributed by atoms with Gasteiger partial charge in [-0.1, -0.05) is 23.7 Å². The molecule has 7 nitrogen and oxygen atoms in total. The van der Waals surface area contributed by atoms with Crippen molar-refractivity contribution in [1.82, 2.24) is 0 Å². The Kier molecular flexibility index (Phi) is 5.76. The third kappa shape index (κ3) is 4.39. The molecular formula is C20H15ClN2O5. The molecule has 8 heteroatoms. The van der Waals surface area contributed by atoms with Gasteiger partial charge in [-0.2, -0.15) is 0 Å². The second kappa shape index (κ2) is 8.41. The second-order valence-corrected chi connectivity index (χ2v) is 6.08. The molecule has 28 heavy (non-hydrogen) atoms. The van der Waals surface area contributed by atoms with Gasteiger partial charge in [-0.25, -0.2) is 0 Å². The fourth-order valence-electron chi connectivity index (χ4n) is 2.54. The number of hydrogen-bond acceptors (Lipinski definition) is 5. The zero-order valence-electron chi connectivity index (χ0n) is 14.7. The van der Waals surface area contributed by atoms with Crippen molar-refractivity contribution >= 4 is 35.0 Å². The average molecular weight is 399 g/mol. The molecule has 0 aliphatic carbocycles. The molecule has 1 heterocycles. The monoisotopic (exact) mass is 398 g/mol. The van der Waals surface area contributed by atoms with E-state index in [0.29, 0.717) is 33.5 Å². The first-order valence-electron chi connectivity index (χ1n) is 8.14. The second-order valence-electron chi connectivity index (χ2n) is 5.64. The third-order valence-corrected chi connectivity index (χ3v) is 4.05. The third-order valence-electron chi connectivity index (χ3n) is 3.81. The molecule has 1 amide bonds. The van der Waals surface area contributed by atoms with Crippen molar-refractivity contribution in [2.75, 3.05) is 12.4 Å². The van der Waals surface area contributed by atoms with Crippen LogP contribution in [0.4, 0.5) is 11.4 Å². The molecule has 0 radical (unpaired) electrons. The Hall–Kier alpha value is -3.58. The first-order valence-corrected chi connectivity index (χ1v) is 8.52. The molecule has 0 bridgehead atoms. The van der Waals surface area contributed by atoms with E-state index in [4.69, 9.17) is 20.8 Å². The number of ether oxygens (including phenoxy) is 1. The number of anilines is 1. The number of nitro groups is 1. The van der Waals surface area contributed by atoms with Crippen LogP contribution in [0.15, 0.2) is 65.1 Å². The summed E-state index contributed by atoms with van der Waals surface area (Å²) in [6, 6.07) is 14.4. The molecule has 3 rings (SSSR count). The van der Waals surface area contributed by atoms with Crippen LogP contribution in [0, 0.1) is 10.1 Å². The summed E-state index contributed by atoms with van der Waals surface area (Å²) in [4.78, 5) is 22.8. The van der Waals surface area contributed by atoms with E-state index in [9.17, 15) is 14.9 Å². The zero-order chi connectivity index (χ0) is 20.1. The summed E-state index contributed by atoms with van der Waals surface area (Å²) in [7, 11) is 1.49. The zero-order valence-corrected chi connectivity index (χ0v) is 15.5. The van der Waals surface area contributed by atoms with Crippen molar-refractivity contribution in [3.8, 4) is 17.1 Å². The molecule has 1 N–H and O–H groups in total. The first-order chi connectivity index (χ1) is 13.5. The maximum absolute atomic E-state index is 12.2. The predicted octanol–water partition coefficient (Wildman–Crippen LogP) is 5.17. The number of nitrogens with zero attached hydrogens (tertiary/aromatic N) is 1. The molecule has 2 aromatic carbocycles. The standard InChI is InChI=1S/C20H15ClN2O5/c1-27-19-9-6-13(21)12-16(19)22-20(24)11-8-14-7-10-18(28-14)15-4-2-3-5-17(15)23(25)26/h2-12H,1H3,(H,22,24)/b11-8+. The van der Waals surface area contributed by atoms with E-state index in [-0.39, 0.29) is 5.69 Å². The van der Waals surface area contributed by atoms with E-state index in [1.165, 1.54) is 25.3 Å². The van der Waals surface area contributed by atoms with Gasteiger partial charge in [-0.15, -0.1) is 0 Å². The predicted molar refractivity (Wildman–Crippen MR) is 106 cm³/mol. The molecular weight excluding hydrogens is 384 g/mol. The van der Waals surface area contributed by atoms with Crippen LogP contribution in [0.3, 0.4) is 0 Å². The van der Waals surface area contributed by atoms with E-state index in [1.807, 2.05) is 0 Å². The molecule has 0 spiro atoms. The molecule has 0 aliphatic rings. The highest BCUT2D eigenvalue weighted by molar-refractivity contribution is 6.31. The van der Waals surface area contributed by atoms with Crippen LogP contribution in [0.25, 0.3) is 17.4 Å². The van der Waals surface area contributed by atoms with Gasteiger partial charge < -0.3 is 14.5 Å². The number of hydrogen-bond donors (Lipinski definition) is 1. The number of methoxy groups -OCH3 is 1. The number of carbonyl (C=O) groups excluding carboxylic acids is 1. The quantitative estimate of drug-likeness (QED) is 0.351. The lowest BCUT2D eigenvalue weighted by molar-refractivity contribution is -0.384. The Morgan fingerprint density at radius 2 is 2.00 bits per heavy atom. The molecule has 0 unspecified atom stereocenters. The fourth-order valence-corrected chi connectivity index (χ4v) is 2.71. The van der Waals surface area contributed by atoms with Crippen LogP contribution in [0.5, 0.6) is 5.75 Å². The number of nitro benzene ring substituents is 1. The summed E-state index contributed by atoms with van der Waals surface area (Å²) in [6.45, 7) is 0. The minimum absolute atomic E-state index is 0.0572. The van der Waals surface area contributed by atoms with E-state index >= 15 is 0 Å². The Balaban J connectivity index is 1.75. The molecule has 3 aromatic rings. The van der Waals surface area contributed by atoms with Crippen molar-refractivity contribution in [1.29, 1.82) is 0 Å². The highest BCUT2D eigenvalue weighted by Crippen LogP contribution is 2.31. The number of benzene rings is 2. The van der Waals surface area contributed by atoms with Crippen molar-refractivity contribution in [2.24, 2.45) is 0 Å². The number of halogens is 1. The molecule has 0 saturated heterocycles. The van der Waals surface area contributed by atoms with Gasteiger partial charge in [0.1, 0.15) is 17.3 Å². The van der Waals surface area contributed by atoms with E-state index in [2.05, 4.69) is 5.32 Å². The van der Waals surface area contributed by atoms with Gasteiger partial charge in [0.25, 0.3) is 5.69 Å². The summed E-state index contributed by atoms with van der Waals surface area (Å²) >= 11 is 5.94. The molecule has 0 fully saturated rings. The Morgan fingerprint density at radius 1 is 1.21 bits per heavy atom. The van der Waals surface area contributed by atoms with Gasteiger partial charge >= 0.3 is 0 Å². The maximum atomic E-state index is 12.2. The first kappa shape index (κ1) is 19.2. The van der Waals surface area contributed by atoms with Crippen molar-refractivity contribution < 1.29 is 18.9 Å².